The Morgan fingerprint density at radius 3 is 2.75 bits per heavy atom. The van der Waals surface area contributed by atoms with Gasteiger partial charge in [-0.15, -0.1) is 0 Å². The number of hydrogen-bond donors (Lipinski definition) is 4. The van der Waals surface area contributed by atoms with E-state index in [9.17, 15) is 14.7 Å². The van der Waals surface area contributed by atoms with Gasteiger partial charge >= 0.3 is 6.03 Å². The van der Waals surface area contributed by atoms with Crippen molar-refractivity contribution < 1.29 is 24.2 Å². The summed E-state index contributed by atoms with van der Waals surface area (Å²) in [6, 6.07) is 5.71. The molecule has 2 fully saturated rings. The first kappa shape index (κ1) is 22.9. The largest absolute Gasteiger partial charge is 0.487 e. The molecule has 8 heteroatoms. The van der Waals surface area contributed by atoms with E-state index in [2.05, 4.69) is 16.0 Å². The summed E-state index contributed by atoms with van der Waals surface area (Å²) < 4.78 is 12.1. The van der Waals surface area contributed by atoms with Gasteiger partial charge in [0.15, 0.2) is 0 Å². The van der Waals surface area contributed by atoms with Crippen LogP contribution >= 0.6 is 0 Å². The molecule has 4 N–H and O–H groups in total. The average molecular weight is 446 g/mol. The summed E-state index contributed by atoms with van der Waals surface area (Å²) in [4.78, 5) is 24.7. The van der Waals surface area contributed by atoms with E-state index in [0.29, 0.717) is 18.7 Å². The highest BCUT2D eigenvalue weighted by Gasteiger charge is 2.46. The van der Waals surface area contributed by atoms with Gasteiger partial charge in [-0.25, -0.2) is 4.79 Å². The lowest BCUT2D eigenvalue weighted by Crippen LogP contribution is -2.47. The fourth-order valence-electron chi connectivity index (χ4n) is 5.11. The maximum Gasteiger partial charge on any atom is 0.319 e. The van der Waals surface area contributed by atoms with E-state index in [4.69, 9.17) is 9.47 Å². The molecule has 0 spiro atoms. The number of amides is 3. The molecule has 176 valence electrons. The number of carbonyl (C=O) groups excluding carboxylic acids is 2. The van der Waals surface area contributed by atoms with Crippen LogP contribution in [0.2, 0.25) is 0 Å². The molecule has 1 saturated heterocycles. The Labute approximate surface area is 189 Å². The number of aliphatic hydroxyl groups is 1. The van der Waals surface area contributed by atoms with Crippen LogP contribution < -0.4 is 20.7 Å². The van der Waals surface area contributed by atoms with Crippen LogP contribution in [0.25, 0.3) is 0 Å². The minimum atomic E-state index is -0.490. The Balaban J connectivity index is 1.42. The predicted octanol–water partition coefficient (Wildman–Crippen LogP) is 3.05. The maximum atomic E-state index is 12.5. The standard InChI is InChI=1S/C24H35N3O5/c1-2-10-25-22(29)13-17-12-19-18-11-16(27-24(30)26-15-6-4-3-5-7-15)8-9-20(18)32-23(19)21(14-28)31-17/h8-9,11,15,17,19,21,23,28H,2-7,10,12-14H2,1H3,(H,25,29)(H2,26,27,30)/t17-,19+,21+,23-/m1/s1. The van der Waals surface area contributed by atoms with Crippen molar-refractivity contribution in [1.82, 2.24) is 10.6 Å². The van der Waals surface area contributed by atoms with Crippen LogP contribution in [0.15, 0.2) is 18.2 Å². The first-order chi connectivity index (χ1) is 15.6. The van der Waals surface area contributed by atoms with E-state index >= 15 is 0 Å². The molecule has 0 bridgehead atoms. The van der Waals surface area contributed by atoms with Crippen molar-refractivity contribution in [3.63, 3.8) is 0 Å². The SMILES string of the molecule is CCCNC(=O)C[C@H]1C[C@H]2c3cc(NC(=O)NC4CCCCC4)ccc3O[C@H]2[C@H](CO)O1. The molecule has 0 aromatic heterocycles. The van der Waals surface area contributed by atoms with Crippen molar-refractivity contribution in [2.45, 2.75) is 88.6 Å². The summed E-state index contributed by atoms with van der Waals surface area (Å²) in [6.07, 6.45) is 6.34. The van der Waals surface area contributed by atoms with Gasteiger partial charge in [0.2, 0.25) is 5.91 Å². The molecule has 3 amide bonds. The van der Waals surface area contributed by atoms with E-state index in [-0.39, 0.29) is 49.1 Å². The average Bonchev–Trinajstić information content (AvgIpc) is 3.15. The number of urea groups is 1. The Morgan fingerprint density at radius 2 is 2.00 bits per heavy atom. The summed E-state index contributed by atoms with van der Waals surface area (Å²) >= 11 is 0. The monoisotopic (exact) mass is 445 g/mol. The van der Waals surface area contributed by atoms with Crippen molar-refractivity contribution in [1.29, 1.82) is 0 Å². The van der Waals surface area contributed by atoms with E-state index in [1.54, 1.807) is 0 Å². The third-order valence-corrected chi connectivity index (χ3v) is 6.68. The second kappa shape index (κ2) is 10.5. The molecule has 1 aromatic rings. The summed E-state index contributed by atoms with van der Waals surface area (Å²) in [6.45, 7) is 2.49. The topological polar surface area (TPSA) is 109 Å². The summed E-state index contributed by atoms with van der Waals surface area (Å²) in [5.74, 6) is 0.709. The zero-order valence-electron chi connectivity index (χ0n) is 18.8. The van der Waals surface area contributed by atoms with Gasteiger partial charge in [-0.1, -0.05) is 26.2 Å². The first-order valence-corrected chi connectivity index (χ1v) is 12.0. The molecule has 32 heavy (non-hydrogen) atoms. The second-order valence-electron chi connectivity index (χ2n) is 9.14. The van der Waals surface area contributed by atoms with E-state index in [1.165, 1.54) is 6.42 Å². The zero-order valence-corrected chi connectivity index (χ0v) is 18.8. The third-order valence-electron chi connectivity index (χ3n) is 6.68. The van der Waals surface area contributed by atoms with E-state index < -0.39 is 6.10 Å². The van der Waals surface area contributed by atoms with E-state index in [0.717, 1.165) is 43.4 Å². The summed E-state index contributed by atoms with van der Waals surface area (Å²) in [7, 11) is 0. The molecule has 2 heterocycles. The molecular formula is C24H35N3O5. The van der Waals surface area contributed by atoms with Gasteiger partial charge < -0.3 is 30.5 Å². The Morgan fingerprint density at radius 1 is 1.19 bits per heavy atom. The molecule has 8 nitrogen and oxygen atoms in total. The minimum Gasteiger partial charge on any atom is -0.487 e. The normalized spacial score (nSPS) is 27.1. The third kappa shape index (κ3) is 5.35. The Kier molecular flexibility index (Phi) is 7.52. The Hall–Kier alpha value is -2.32. The minimum absolute atomic E-state index is 0.00281. The number of anilines is 1. The van der Waals surface area contributed by atoms with Crippen LogP contribution in [0.4, 0.5) is 10.5 Å². The van der Waals surface area contributed by atoms with Crippen LogP contribution in [-0.2, 0) is 9.53 Å². The number of benzene rings is 1. The Bertz CT molecular complexity index is 811. The lowest BCUT2D eigenvalue weighted by atomic mass is 9.84. The number of fused-ring (bicyclic) bond motifs is 3. The van der Waals surface area contributed by atoms with Gasteiger partial charge in [0.1, 0.15) is 18.0 Å². The molecule has 0 unspecified atom stereocenters. The van der Waals surface area contributed by atoms with E-state index in [1.807, 2.05) is 25.1 Å². The van der Waals surface area contributed by atoms with Crippen LogP contribution in [0.1, 0.15) is 69.8 Å². The number of carbonyl (C=O) groups is 2. The number of ether oxygens (including phenoxy) is 2. The molecule has 1 saturated carbocycles. The van der Waals surface area contributed by atoms with Crippen molar-refractivity contribution in [3.8, 4) is 5.75 Å². The number of nitrogens with one attached hydrogen (secondary N) is 3. The highest BCUT2D eigenvalue weighted by atomic mass is 16.6. The number of rotatable bonds is 7. The molecule has 2 aliphatic heterocycles. The van der Waals surface area contributed by atoms with Crippen molar-refractivity contribution in [2.24, 2.45) is 0 Å². The van der Waals surface area contributed by atoms with Gasteiger partial charge in [0.25, 0.3) is 0 Å². The fourth-order valence-corrected chi connectivity index (χ4v) is 5.11. The maximum absolute atomic E-state index is 12.5. The lowest BCUT2D eigenvalue weighted by molar-refractivity contribution is -0.142. The van der Waals surface area contributed by atoms with Crippen LogP contribution in [0.3, 0.4) is 0 Å². The number of aliphatic hydroxyl groups excluding tert-OH is 1. The lowest BCUT2D eigenvalue weighted by Gasteiger charge is -2.37. The quantitative estimate of drug-likeness (QED) is 0.516. The second-order valence-corrected chi connectivity index (χ2v) is 9.14. The first-order valence-electron chi connectivity index (χ1n) is 12.0. The molecule has 4 rings (SSSR count). The molecule has 1 aromatic carbocycles. The van der Waals surface area contributed by atoms with Crippen molar-refractivity contribution in [3.05, 3.63) is 23.8 Å². The van der Waals surface area contributed by atoms with Crippen LogP contribution in [-0.4, -0.2) is 54.6 Å². The summed E-state index contributed by atoms with van der Waals surface area (Å²) in [5.41, 5.74) is 1.71. The molecule has 4 atom stereocenters. The molecule has 1 aliphatic carbocycles. The van der Waals surface area contributed by atoms with Gasteiger partial charge in [0, 0.05) is 29.8 Å². The molecular weight excluding hydrogens is 410 g/mol. The van der Waals surface area contributed by atoms with Crippen molar-refractivity contribution >= 4 is 17.6 Å². The predicted molar refractivity (Wildman–Crippen MR) is 121 cm³/mol. The highest BCUT2D eigenvalue weighted by Crippen LogP contribution is 2.47. The summed E-state index contributed by atoms with van der Waals surface area (Å²) in [5, 5.41) is 18.8. The van der Waals surface area contributed by atoms with Gasteiger partial charge in [0.05, 0.1) is 19.1 Å². The zero-order chi connectivity index (χ0) is 22.5. The highest BCUT2D eigenvalue weighted by molar-refractivity contribution is 5.89. The van der Waals surface area contributed by atoms with Crippen LogP contribution in [0, 0.1) is 0 Å². The van der Waals surface area contributed by atoms with Gasteiger partial charge in [-0.05, 0) is 43.9 Å². The van der Waals surface area contributed by atoms with Gasteiger partial charge in [-0.2, -0.15) is 0 Å². The number of hydrogen-bond acceptors (Lipinski definition) is 5. The molecule has 3 aliphatic rings. The fraction of sp³-hybridized carbons (Fsp3) is 0.667. The van der Waals surface area contributed by atoms with Crippen LogP contribution in [0.5, 0.6) is 5.75 Å². The van der Waals surface area contributed by atoms with Gasteiger partial charge in [-0.3, -0.25) is 4.79 Å². The smallest absolute Gasteiger partial charge is 0.319 e. The van der Waals surface area contributed by atoms with Crippen molar-refractivity contribution in [2.75, 3.05) is 18.5 Å². The molecule has 0 radical (unpaired) electrons.